The summed E-state index contributed by atoms with van der Waals surface area (Å²) in [5, 5.41) is 3.99. The van der Waals surface area contributed by atoms with E-state index in [1.165, 1.54) is 0 Å². The number of aryl methyl sites for hydroxylation is 1. The van der Waals surface area contributed by atoms with Crippen LogP contribution in [0.4, 0.5) is 10.6 Å². The minimum absolute atomic E-state index is 0.308. The lowest BCUT2D eigenvalue weighted by molar-refractivity contribution is 0.149. The first-order valence-corrected chi connectivity index (χ1v) is 6.92. The van der Waals surface area contributed by atoms with E-state index in [1.807, 2.05) is 31.2 Å². The largest absolute Gasteiger partial charge is 0.415 e. The Balaban J connectivity index is 1.54. The van der Waals surface area contributed by atoms with Crippen molar-refractivity contribution in [3.05, 3.63) is 42.2 Å². The second-order valence-electron chi connectivity index (χ2n) is 4.95. The molecule has 3 rings (SSSR count). The van der Waals surface area contributed by atoms with E-state index in [1.54, 1.807) is 17.0 Å². The number of ether oxygens (including phenoxy) is 1. The zero-order chi connectivity index (χ0) is 14.7. The molecule has 0 saturated carbocycles. The van der Waals surface area contributed by atoms with E-state index in [9.17, 15) is 4.79 Å². The molecule has 21 heavy (non-hydrogen) atoms. The minimum Gasteiger partial charge on any atom is -0.410 e. The summed E-state index contributed by atoms with van der Waals surface area (Å²) in [7, 11) is 0. The number of benzene rings is 1. The van der Waals surface area contributed by atoms with Crippen LogP contribution >= 0.6 is 0 Å². The van der Waals surface area contributed by atoms with Crippen LogP contribution in [0.1, 0.15) is 5.76 Å². The number of aromatic nitrogens is 1. The van der Waals surface area contributed by atoms with Crippen molar-refractivity contribution in [3.63, 3.8) is 0 Å². The van der Waals surface area contributed by atoms with Gasteiger partial charge < -0.3 is 19.1 Å². The average Bonchev–Trinajstić information content (AvgIpc) is 2.95. The Labute approximate surface area is 122 Å². The maximum absolute atomic E-state index is 12.1. The maximum Gasteiger partial charge on any atom is 0.415 e. The van der Waals surface area contributed by atoms with Crippen LogP contribution in [0.25, 0.3) is 0 Å². The fourth-order valence-electron chi connectivity index (χ4n) is 2.27. The predicted octanol–water partition coefficient (Wildman–Crippen LogP) is 2.30. The van der Waals surface area contributed by atoms with E-state index in [2.05, 4.69) is 10.1 Å². The molecule has 2 heterocycles. The number of carbonyl (C=O) groups excluding carboxylic acids is 1. The van der Waals surface area contributed by atoms with Crippen LogP contribution in [0.2, 0.25) is 0 Å². The number of para-hydroxylation sites is 1. The van der Waals surface area contributed by atoms with Gasteiger partial charge in [0.05, 0.1) is 0 Å². The van der Waals surface area contributed by atoms with E-state index in [4.69, 9.17) is 9.26 Å². The van der Waals surface area contributed by atoms with Crippen molar-refractivity contribution >= 4 is 11.9 Å². The van der Waals surface area contributed by atoms with Gasteiger partial charge in [0, 0.05) is 32.2 Å². The minimum atomic E-state index is -0.308. The quantitative estimate of drug-likeness (QED) is 0.848. The van der Waals surface area contributed by atoms with Gasteiger partial charge in [-0.15, -0.1) is 0 Å². The first-order chi connectivity index (χ1) is 10.2. The molecule has 0 bridgehead atoms. The topological polar surface area (TPSA) is 58.8 Å². The van der Waals surface area contributed by atoms with E-state index < -0.39 is 0 Å². The zero-order valence-electron chi connectivity index (χ0n) is 11.9. The van der Waals surface area contributed by atoms with Crippen molar-refractivity contribution in [1.29, 1.82) is 0 Å². The van der Waals surface area contributed by atoms with Gasteiger partial charge in [0.1, 0.15) is 11.5 Å². The summed E-state index contributed by atoms with van der Waals surface area (Å²) in [6, 6.07) is 11.0. The lowest BCUT2D eigenvalue weighted by Crippen LogP contribution is -2.49. The highest BCUT2D eigenvalue weighted by molar-refractivity contribution is 5.71. The number of nitrogens with zero attached hydrogens (tertiary/aromatic N) is 3. The van der Waals surface area contributed by atoms with Gasteiger partial charge in [-0.1, -0.05) is 23.4 Å². The molecule has 1 amide bonds. The van der Waals surface area contributed by atoms with Crippen molar-refractivity contribution in [3.8, 4) is 5.75 Å². The third-order valence-corrected chi connectivity index (χ3v) is 3.43. The van der Waals surface area contributed by atoms with Crippen LogP contribution in [0, 0.1) is 6.92 Å². The number of carbonyl (C=O) groups is 1. The Bertz CT molecular complexity index is 604. The summed E-state index contributed by atoms with van der Waals surface area (Å²) in [4.78, 5) is 15.9. The van der Waals surface area contributed by atoms with Crippen molar-refractivity contribution in [2.75, 3.05) is 31.1 Å². The number of hydrogen-bond acceptors (Lipinski definition) is 5. The Morgan fingerprint density at radius 3 is 2.52 bits per heavy atom. The van der Waals surface area contributed by atoms with Gasteiger partial charge in [-0.05, 0) is 19.1 Å². The standard InChI is InChI=1S/C15H17N3O3/c1-12-11-14(16-21-12)17-7-9-18(10-8-17)15(19)20-13-5-3-2-4-6-13/h2-6,11H,7-10H2,1H3. The molecule has 1 fully saturated rings. The molecule has 1 aliphatic heterocycles. The maximum atomic E-state index is 12.1. The normalized spacial score (nSPS) is 15.1. The fraction of sp³-hybridized carbons (Fsp3) is 0.333. The molecule has 110 valence electrons. The van der Waals surface area contributed by atoms with Gasteiger partial charge in [-0.25, -0.2) is 4.79 Å². The highest BCUT2D eigenvalue weighted by Gasteiger charge is 2.24. The molecular formula is C15H17N3O3. The van der Waals surface area contributed by atoms with Gasteiger partial charge in [0.2, 0.25) is 0 Å². The summed E-state index contributed by atoms with van der Waals surface area (Å²) in [6.07, 6.45) is -0.308. The van der Waals surface area contributed by atoms with Gasteiger partial charge >= 0.3 is 6.09 Å². The smallest absolute Gasteiger partial charge is 0.410 e. The molecule has 6 nitrogen and oxygen atoms in total. The number of piperazine rings is 1. The molecule has 1 saturated heterocycles. The molecule has 0 spiro atoms. The molecule has 6 heteroatoms. The van der Waals surface area contributed by atoms with E-state index in [0.717, 1.165) is 24.7 Å². The second kappa shape index (κ2) is 5.87. The average molecular weight is 287 g/mol. The molecule has 1 aromatic heterocycles. The molecule has 0 N–H and O–H groups in total. The highest BCUT2D eigenvalue weighted by atomic mass is 16.6. The Kier molecular flexibility index (Phi) is 3.77. The van der Waals surface area contributed by atoms with E-state index in [0.29, 0.717) is 18.8 Å². The molecule has 2 aromatic rings. The van der Waals surface area contributed by atoms with Crippen molar-refractivity contribution in [2.24, 2.45) is 0 Å². The van der Waals surface area contributed by atoms with Gasteiger partial charge in [-0.2, -0.15) is 0 Å². The molecular weight excluding hydrogens is 270 g/mol. The van der Waals surface area contributed by atoms with Crippen LogP contribution < -0.4 is 9.64 Å². The summed E-state index contributed by atoms with van der Waals surface area (Å²) < 4.78 is 10.4. The monoisotopic (exact) mass is 287 g/mol. The van der Waals surface area contributed by atoms with Crippen LogP contribution in [0.5, 0.6) is 5.75 Å². The number of rotatable bonds is 2. The summed E-state index contributed by atoms with van der Waals surface area (Å²) in [5.41, 5.74) is 0. The van der Waals surface area contributed by atoms with Crippen molar-refractivity contribution in [1.82, 2.24) is 10.1 Å². The predicted molar refractivity (Wildman–Crippen MR) is 77.5 cm³/mol. The van der Waals surface area contributed by atoms with Crippen LogP contribution in [-0.2, 0) is 0 Å². The van der Waals surface area contributed by atoms with E-state index in [-0.39, 0.29) is 6.09 Å². The van der Waals surface area contributed by atoms with E-state index >= 15 is 0 Å². The Hall–Kier alpha value is -2.50. The van der Waals surface area contributed by atoms with Gasteiger partial charge in [0.15, 0.2) is 5.82 Å². The number of amides is 1. The number of hydrogen-bond donors (Lipinski definition) is 0. The first-order valence-electron chi connectivity index (χ1n) is 6.92. The molecule has 0 atom stereocenters. The third-order valence-electron chi connectivity index (χ3n) is 3.43. The molecule has 1 aliphatic rings. The highest BCUT2D eigenvalue weighted by Crippen LogP contribution is 2.17. The molecule has 0 aliphatic carbocycles. The van der Waals surface area contributed by atoms with Gasteiger partial charge in [-0.3, -0.25) is 0 Å². The Morgan fingerprint density at radius 1 is 1.19 bits per heavy atom. The SMILES string of the molecule is Cc1cc(N2CCN(C(=O)Oc3ccccc3)CC2)no1. The summed E-state index contributed by atoms with van der Waals surface area (Å²) in [6.45, 7) is 4.52. The van der Waals surface area contributed by atoms with Crippen LogP contribution in [-0.4, -0.2) is 42.3 Å². The lowest BCUT2D eigenvalue weighted by atomic mass is 10.3. The molecule has 0 radical (unpaired) electrons. The van der Waals surface area contributed by atoms with Crippen molar-refractivity contribution in [2.45, 2.75) is 6.92 Å². The molecule has 1 aromatic carbocycles. The number of anilines is 1. The first kappa shape index (κ1) is 13.5. The summed E-state index contributed by atoms with van der Waals surface area (Å²) >= 11 is 0. The van der Waals surface area contributed by atoms with Gasteiger partial charge in [0.25, 0.3) is 0 Å². The van der Waals surface area contributed by atoms with Crippen LogP contribution in [0.3, 0.4) is 0 Å². The Morgan fingerprint density at radius 2 is 1.90 bits per heavy atom. The lowest BCUT2D eigenvalue weighted by Gasteiger charge is -2.33. The van der Waals surface area contributed by atoms with Crippen molar-refractivity contribution < 1.29 is 14.1 Å². The zero-order valence-corrected chi connectivity index (χ0v) is 11.9. The third kappa shape index (κ3) is 3.16. The second-order valence-corrected chi connectivity index (χ2v) is 4.95. The van der Waals surface area contributed by atoms with Crippen LogP contribution in [0.15, 0.2) is 40.9 Å². The fourth-order valence-corrected chi connectivity index (χ4v) is 2.27. The molecule has 0 unspecified atom stereocenters. The summed E-state index contributed by atoms with van der Waals surface area (Å²) in [5.74, 6) is 2.18.